The van der Waals surface area contributed by atoms with Crippen LogP contribution in [-0.2, 0) is 12.0 Å². The number of nitriles is 1. The van der Waals surface area contributed by atoms with Crippen LogP contribution in [0.15, 0.2) is 91.0 Å². The molecule has 5 rings (SSSR count). The highest BCUT2D eigenvalue weighted by atomic mass is 16.1. The molecule has 0 aliphatic rings. The van der Waals surface area contributed by atoms with Gasteiger partial charge in [-0.2, -0.15) is 5.26 Å². The molecule has 5 aromatic rings. The molecule has 0 spiro atoms. The van der Waals surface area contributed by atoms with Gasteiger partial charge in [0.05, 0.1) is 17.7 Å². The Morgan fingerprint density at radius 3 is 2.27 bits per heavy atom. The molecular weight excluding hydrogens is 502 g/mol. The van der Waals surface area contributed by atoms with Crippen molar-refractivity contribution in [2.24, 2.45) is 0 Å². The van der Waals surface area contributed by atoms with Crippen LogP contribution in [0.25, 0.3) is 22.0 Å². The first-order valence-electron chi connectivity index (χ1n) is 14.2. The molecular formula is C37H37N3O. The molecule has 4 heteroatoms. The van der Waals surface area contributed by atoms with E-state index in [1.807, 2.05) is 43.3 Å². The van der Waals surface area contributed by atoms with Crippen LogP contribution in [-0.4, -0.2) is 10.5 Å². The number of hydrogen-bond acceptors (Lipinski definition) is 2. The highest BCUT2D eigenvalue weighted by Gasteiger charge is 2.18. The lowest BCUT2D eigenvalue weighted by molar-refractivity contribution is 0.0940. The minimum Gasteiger partial charge on any atom is -0.346 e. The van der Waals surface area contributed by atoms with E-state index in [2.05, 4.69) is 105 Å². The number of carbonyl (C=O) groups is 1. The fraction of sp³-hybridized carbons (Fsp3) is 0.243. The van der Waals surface area contributed by atoms with Gasteiger partial charge < -0.3 is 9.88 Å². The van der Waals surface area contributed by atoms with Gasteiger partial charge in [-0.15, -0.1) is 0 Å². The molecule has 0 unspecified atom stereocenters. The maximum Gasteiger partial charge on any atom is 0.251 e. The van der Waals surface area contributed by atoms with Crippen molar-refractivity contribution in [1.29, 1.82) is 5.26 Å². The molecule has 0 aliphatic carbocycles. The summed E-state index contributed by atoms with van der Waals surface area (Å²) in [6.07, 6.45) is 0. The highest BCUT2D eigenvalue weighted by molar-refractivity contribution is 5.99. The number of carbonyl (C=O) groups excluding carboxylic acids is 1. The average Bonchev–Trinajstić information content (AvgIpc) is 3.21. The van der Waals surface area contributed by atoms with Crippen LogP contribution < -0.4 is 5.32 Å². The number of hydrogen-bond donors (Lipinski definition) is 1. The summed E-state index contributed by atoms with van der Waals surface area (Å²) < 4.78 is 2.31. The number of nitrogens with one attached hydrogen (secondary N) is 1. The van der Waals surface area contributed by atoms with Gasteiger partial charge in [0.25, 0.3) is 5.91 Å². The van der Waals surface area contributed by atoms with Crippen LogP contribution in [0.5, 0.6) is 0 Å². The molecule has 0 bridgehead atoms. The third kappa shape index (κ3) is 5.67. The monoisotopic (exact) mass is 539 g/mol. The molecule has 206 valence electrons. The van der Waals surface area contributed by atoms with Crippen molar-refractivity contribution in [2.75, 3.05) is 0 Å². The summed E-state index contributed by atoms with van der Waals surface area (Å²) in [7, 11) is 0. The first kappa shape index (κ1) is 27.9. The maximum atomic E-state index is 13.2. The number of fused-ring (bicyclic) bond motifs is 1. The third-order valence-electron chi connectivity index (χ3n) is 8.18. The summed E-state index contributed by atoms with van der Waals surface area (Å²) in [5.74, 6) is -0.0719. The molecule has 1 aromatic heterocycles. The predicted octanol–water partition coefficient (Wildman–Crippen LogP) is 8.63. The summed E-state index contributed by atoms with van der Waals surface area (Å²) in [5, 5.41) is 13.7. The van der Waals surface area contributed by atoms with Gasteiger partial charge in [0.1, 0.15) is 0 Å². The van der Waals surface area contributed by atoms with Crippen LogP contribution in [0.2, 0.25) is 0 Å². The largest absolute Gasteiger partial charge is 0.346 e. The van der Waals surface area contributed by atoms with Gasteiger partial charge in [0, 0.05) is 28.7 Å². The number of aromatic nitrogens is 1. The number of rotatable bonds is 6. The van der Waals surface area contributed by atoms with Crippen molar-refractivity contribution in [3.05, 3.63) is 130 Å². The normalized spacial score (nSPS) is 12.2. The van der Waals surface area contributed by atoms with E-state index in [1.54, 1.807) is 0 Å². The van der Waals surface area contributed by atoms with Crippen molar-refractivity contribution in [1.82, 2.24) is 9.88 Å². The van der Waals surface area contributed by atoms with E-state index in [4.69, 9.17) is 0 Å². The first-order valence-corrected chi connectivity index (χ1v) is 14.2. The van der Waals surface area contributed by atoms with Crippen LogP contribution in [0, 0.1) is 25.2 Å². The average molecular weight is 540 g/mol. The Bertz CT molecular complexity index is 1760. The zero-order valence-corrected chi connectivity index (χ0v) is 24.7. The summed E-state index contributed by atoms with van der Waals surface area (Å²) in [6.45, 7) is 13.6. The predicted molar refractivity (Wildman–Crippen MR) is 168 cm³/mol. The summed E-state index contributed by atoms with van der Waals surface area (Å²) in [6, 6.07) is 32.8. The van der Waals surface area contributed by atoms with Gasteiger partial charge in [-0.25, -0.2) is 0 Å². The molecule has 0 saturated heterocycles. The molecule has 4 nitrogen and oxygen atoms in total. The van der Waals surface area contributed by atoms with E-state index >= 15 is 0 Å². The quantitative estimate of drug-likeness (QED) is 0.235. The number of nitrogens with zero attached hydrogens (tertiary/aromatic N) is 2. The minimum absolute atomic E-state index is 0.0719. The Morgan fingerprint density at radius 1 is 0.927 bits per heavy atom. The van der Waals surface area contributed by atoms with E-state index < -0.39 is 0 Å². The molecule has 4 aromatic carbocycles. The molecule has 0 fully saturated rings. The van der Waals surface area contributed by atoms with Gasteiger partial charge in [-0.05, 0) is 83.8 Å². The molecule has 1 atom stereocenters. The number of benzene rings is 4. The zero-order chi connectivity index (χ0) is 29.3. The molecule has 1 N–H and O–H groups in total. The second kappa shape index (κ2) is 11.1. The van der Waals surface area contributed by atoms with Crippen molar-refractivity contribution in [3.8, 4) is 17.2 Å². The second-order valence-corrected chi connectivity index (χ2v) is 11.9. The minimum atomic E-state index is -0.0947. The van der Waals surface area contributed by atoms with Crippen molar-refractivity contribution >= 4 is 16.8 Å². The third-order valence-corrected chi connectivity index (χ3v) is 8.18. The van der Waals surface area contributed by atoms with Crippen molar-refractivity contribution in [3.63, 3.8) is 0 Å². The van der Waals surface area contributed by atoms with Crippen LogP contribution in [0.1, 0.15) is 77.6 Å². The summed E-state index contributed by atoms with van der Waals surface area (Å²) >= 11 is 0. The van der Waals surface area contributed by atoms with Gasteiger partial charge in [-0.1, -0.05) is 87.5 Å². The number of amides is 1. The lowest BCUT2D eigenvalue weighted by Gasteiger charge is -2.20. The lowest BCUT2D eigenvalue weighted by atomic mass is 9.86. The molecule has 41 heavy (non-hydrogen) atoms. The fourth-order valence-electron chi connectivity index (χ4n) is 5.43. The van der Waals surface area contributed by atoms with E-state index in [1.165, 1.54) is 22.4 Å². The fourth-order valence-corrected chi connectivity index (χ4v) is 5.43. The Balaban J connectivity index is 1.35. The Morgan fingerprint density at radius 2 is 1.61 bits per heavy atom. The smallest absolute Gasteiger partial charge is 0.251 e. The van der Waals surface area contributed by atoms with Crippen LogP contribution in [0.4, 0.5) is 0 Å². The highest BCUT2D eigenvalue weighted by Crippen LogP contribution is 2.29. The van der Waals surface area contributed by atoms with E-state index in [9.17, 15) is 10.1 Å². The number of aryl methyl sites for hydroxylation is 1. The van der Waals surface area contributed by atoms with Gasteiger partial charge >= 0.3 is 0 Å². The Hall–Kier alpha value is -4.62. The SMILES string of the molecule is Cc1c(C)n(Cc2ccc(-c3ccccc3C#N)cc2)c2ccc(C(=O)N[C@@H](C)c3ccc(C(C)(C)C)cc3)cc12. The Kier molecular flexibility index (Phi) is 7.56. The van der Waals surface area contributed by atoms with Gasteiger partial charge in [0.15, 0.2) is 0 Å². The molecule has 0 aliphatic heterocycles. The molecule has 0 radical (unpaired) electrons. The summed E-state index contributed by atoms with van der Waals surface area (Å²) in [4.78, 5) is 13.2. The maximum absolute atomic E-state index is 13.2. The van der Waals surface area contributed by atoms with Gasteiger partial charge in [0.2, 0.25) is 0 Å². The van der Waals surface area contributed by atoms with Crippen molar-refractivity contribution < 1.29 is 4.79 Å². The standard InChI is InChI=1S/C37H37N3O/c1-24-26(3)40(23-27-11-13-29(14-12-27)33-10-8-7-9-31(33)22-38)35-20-17-30(21-34(24)35)36(41)39-25(2)28-15-18-32(19-16-28)37(4,5)6/h7-21,25H,23H2,1-6H3,(H,39,41)/t25-/m0/s1. The molecule has 0 saturated carbocycles. The van der Waals surface area contributed by atoms with Gasteiger partial charge in [-0.3, -0.25) is 4.79 Å². The van der Waals surface area contributed by atoms with E-state index in [0.717, 1.165) is 34.1 Å². The molecule has 1 heterocycles. The molecule has 1 amide bonds. The first-order chi connectivity index (χ1) is 19.6. The van der Waals surface area contributed by atoms with Crippen molar-refractivity contribution in [2.45, 2.75) is 59.5 Å². The zero-order valence-electron chi connectivity index (χ0n) is 24.7. The van der Waals surface area contributed by atoms with Crippen LogP contribution in [0.3, 0.4) is 0 Å². The lowest BCUT2D eigenvalue weighted by Crippen LogP contribution is -2.26. The van der Waals surface area contributed by atoms with Crippen LogP contribution >= 0.6 is 0 Å². The summed E-state index contributed by atoms with van der Waals surface area (Å²) in [5.41, 5.74) is 10.4. The van der Waals surface area contributed by atoms with E-state index in [0.29, 0.717) is 11.1 Å². The Labute approximate surface area is 243 Å². The van der Waals surface area contributed by atoms with E-state index in [-0.39, 0.29) is 17.4 Å². The topological polar surface area (TPSA) is 57.8 Å². The second-order valence-electron chi connectivity index (χ2n) is 11.9.